The minimum Gasteiger partial charge on any atom is -0.493 e. The molecule has 2 aliphatic heterocycles. The fourth-order valence-corrected chi connectivity index (χ4v) is 4.47. The second kappa shape index (κ2) is 5.71. The van der Waals surface area contributed by atoms with E-state index in [1.165, 1.54) is 16.7 Å². The van der Waals surface area contributed by atoms with Crippen molar-refractivity contribution in [2.75, 3.05) is 34.7 Å². The van der Waals surface area contributed by atoms with Gasteiger partial charge in [-0.05, 0) is 48.2 Å². The maximum Gasteiger partial charge on any atom is 0.231 e. The van der Waals surface area contributed by atoms with Crippen LogP contribution in [0.4, 0.5) is 0 Å². The monoisotopic (exact) mass is 355 g/mol. The van der Waals surface area contributed by atoms with E-state index in [2.05, 4.69) is 11.4 Å². The first-order chi connectivity index (χ1) is 12.8. The summed E-state index contributed by atoms with van der Waals surface area (Å²) >= 11 is 0. The predicted octanol–water partition coefficient (Wildman–Crippen LogP) is 2.85. The number of fused-ring (bicyclic) bond motifs is 4. The van der Waals surface area contributed by atoms with E-state index in [1.807, 2.05) is 6.07 Å². The Morgan fingerprint density at radius 2 is 1.77 bits per heavy atom. The molecule has 1 N–H and O–H groups in total. The van der Waals surface area contributed by atoms with Gasteiger partial charge in [0.05, 0.1) is 21.3 Å². The van der Waals surface area contributed by atoms with Crippen molar-refractivity contribution in [2.45, 2.75) is 18.9 Å². The average molecular weight is 355 g/mol. The highest BCUT2D eigenvalue weighted by Crippen LogP contribution is 2.57. The van der Waals surface area contributed by atoms with Crippen molar-refractivity contribution in [2.24, 2.45) is 0 Å². The van der Waals surface area contributed by atoms with Crippen LogP contribution in [0.25, 0.3) is 11.1 Å². The highest BCUT2D eigenvalue weighted by atomic mass is 16.7. The van der Waals surface area contributed by atoms with Crippen molar-refractivity contribution in [3.63, 3.8) is 0 Å². The summed E-state index contributed by atoms with van der Waals surface area (Å²) in [6, 6.07) is 4.34. The molecule has 0 radical (unpaired) electrons. The van der Waals surface area contributed by atoms with E-state index < -0.39 is 0 Å². The van der Waals surface area contributed by atoms with Crippen LogP contribution >= 0.6 is 0 Å². The van der Waals surface area contributed by atoms with Gasteiger partial charge in [0.2, 0.25) is 12.5 Å². The minimum atomic E-state index is 0.211. The van der Waals surface area contributed by atoms with Crippen LogP contribution in [-0.2, 0) is 12.8 Å². The average Bonchev–Trinajstić information content (AvgIpc) is 3.16. The lowest BCUT2D eigenvalue weighted by atomic mass is 9.76. The molecule has 136 valence electrons. The Bertz CT molecular complexity index is 908. The maximum absolute atomic E-state index is 5.90. The molecular formula is C20H21NO5. The number of ether oxygens (including phenoxy) is 5. The zero-order chi connectivity index (χ0) is 17.8. The SMILES string of the molecule is COc1cc2c(cc1OC)-c1c3c(c(OC)c4c1[C@@H](C2)NCC4)OCO3. The van der Waals surface area contributed by atoms with E-state index in [1.54, 1.807) is 21.3 Å². The molecule has 5 rings (SSSR count). The maximum atomic E-state index is 5.90. The Kier molecular flexibility index (Phi) is 3.43. The quantitative estimate of drug-likeness (QED) is 0.914. The number of hydrogen-bond donors (Lipinski definition) is 1. The molecule has 0 saturated carbocycles. The van der Waals surface area contributed by atoms with E-state index in [-0.39, 0.29) is 12.8 Å². The smallest absolute Gasteiger partial charge is 0.231 e. The number of benzene rings is 2. The Morgan fingerprint density at radius 3 is 2.54 bits per heavy atom. The number of hydrogen-bond acceptors (Lipinski definition) is 6. The van der Waals surface area contributed by atoms with Gasteiger partial charge in [-0.1, -0.05) is 0 Å². The van der Waals surface area contributed by atoms with Crippen LogP contribution in [-0.4, -0.2) is 34.7 Å². The normalized spacial score (nSPS) is 18.8. The Hall–Kier alpha value is -2.60. The topological polar surface area (TPSA) is 58.2 Å². The fourth-order valence-electron chi connectivity index (χ4n) is 4.47. The Balaban J connectivity index is 1.85. The highest BCUT2D eigenvalue weighted by molar-refractivity contribution is 5.87. The third-order valence-electron chi connectivity index (χ3n) is 5.54. The summed E-state index contributed by atoms with van der Waals surface area (Å²) in [5.41, 5.74) is 5.90. The summed E-state index contributed by atoms with van der Waals surface area (Å²) in [6.45, 7) is 1.12. The van der Waals surface area contributed by atoms with Gasteiger partial charge in [-0.3, -0.25) is 0 Å². The van der Waals surface area contributed by atoms with Gasteiger partial charge in [0.15, 0.2) is 23.0 Å². The molecule has 0 fully saturated rings. The molecule has 2 aromatic rings. The first-order valence-electron chi connectivity index (χ1n) is 8.77. The second-order valence-corrected chi connectivity index (χ2v) is 6.69. The molecule has 0 saturated heterocycles. The molecule has 6 heteroatoms. The summed E-state index contributed by atoms with van der Waals surface area (Å²) in [5, 5.41) is 3.64. The summed E-state index contributed by atoms with van der Waals surface area (Å²) in [6.07, 6.45) is 1.79. The molecule has 6 nitrogen and oxygen atoms in total. The summed E-state index contributed by atoms with van der Waals surface area (Å²) in [4.78, 5) is 0. The van der Waals surface area contributed by atoms with E-state index >= 15 is 0 Å². The molecule has 2 heterocycles. The minimum absolute atomic E-state index is 0.211. The van der Waals surface area contributed by atoms with Crippen molar-refractivity contribution in [1.82, 2.24) is 5.32 Å². The van der Waals surface area contributed by atoms with Gasteiger partial charge in [0, 0.05) is 17.2 Å². The third-order valence-corrected chi connectivity index (χ3v) is 5.54. The van der Waals surface area contributed by atoms with Crippen molar-refractivity contribution < 1.29 is 23.7 Å². The van der Waals surface area contributed by atoms with E-state index in [4.69, 9.17) is 23.7 Å². The van der Waals surface area contributed by atoms with Crippen molar-refractivity contribution in [3.05, 3.63) is 28.8 Å². The van der Waals surface area contributed by atoms with Crippen LogP contribution in [0.2, 0.25) is 0 Å². The molecular weight excluding hydrogens is 334 g/mol. The molecule has 26 heavy (non-hydrogen) atoms. The van der Waals surface area contributed by atoms with Crippen molar-refractivity contribution in [1.29, 1.82) is 0 Å². The van der Waals surface area contributed by atoms with Crippen LogP contribution in [0.5, 0.6) is 28.7 Å². The molecule has 0 amide bonds. The molecule has 3 aliphatic rings. The Labute approximate surface area is 152 Å². The number of rotatable bonds is 3. The summed E-state index contributed by atoms with van der Waals surface area (Å²) < 4.78 is 28.4. The molecule has 0 aromatic heterocycles. The van der Waals surface area contributed by atoms with Gasteiger partial charge < -0.3 is 29.0 Å². The van der Waals surface area contributed by atoms with Gasteiger partial charge in [-0.25, -0.2) is 0 Å². The van der Waals surface area contributed by atoms with Gasteiger partial charge in [0.1, 0.15) is 0 Å². The van der Waals surface area contributed by atoms with E-state index in [0.717, 1.165) is 47.8 Å². The van der Waals surface area contributed by atoms with Gasteiger partial charge >= 0.3 is 0 Å². The molecule has 0 unspecified atom stereocenters. The van der Waals surface area contributed by atoms with E-state index in [9.17, 15) is 0 Å². The molecule has 0 bridgehead atoms. The second-order valence-electron chi connectivity index (χ2n) is 6.69. The highest BCUT2D eigenvalue weighted by Gasteiger charge is 2.39. The van der Waals surface area contributed by atoms with Crippen LogP contribution < -0.4 is 29.0 Å². The lowest BCUT2D eigenvalue weighted by Crippen LogP contribution is -2.34. The van der Waals surface area contributed by atoms with Crippen LogP contribution in [0.3, 0.4) is 0 Å². The first-order valence-corrected chi connectivity index (χ1v) is 8.77. The lowest BCUT2D eigenvalue weighted by Gasteiger charge is -2.36. The van der Waals surface area contributed by atoms with Crippen molar-refractivity contribution >= 4 is 0 Å². The van der Waals surface area contributed by atoms with E-state index in [0.29, 0.717) is 11.5 Å². The predicted molar refractivity (Wildman–Crippen MR) is 95.8 cm³/mol. The fraction of sp³-hybridized carbons (Fsp3) is 0.400. The lowest BCUT2D eigenvalue weighted by molar-refractivity contribution is 0.171. The molecule has 0 spiro atoms. The molecule has 2 aromatic carbocycles. The third kappa shape index (κ3) is 1.96. The first kappa shape index (κ1) is 15.6. The summed E-state index contributed by atoms with van der Waals surface area (Å²) in [7, 11) is 5.02. The standard InChI is InChI=1S/C20H21NO5/c1-22-14-7-10-6-13-16-11(4-5-21-13)18(24-3)20-19(25-9-26-20)17(16)12(10)8-15(14)23-2/h7-8,13,21H,4-6,9H2,1-3H3/t13-/m1/s1. The number of nitrogens with one attached hydrogen (secondary N) is 1. The Morgan fingerprint density at radius 1 is 1.00 bits per heavy atom. The molecule has 1 atom stereocenters. The van der Waals surface area contributed by atoms with Crippen molar-refractivity contribution in [3.8, 4) is 39.9 Å². The van der Waals surface area contributed by atoms with Gasteiger partial charge in [0.25, 0.3) is 0 Å². The zero-order valence-electron chi connectivity index (χ0n) is 15.1. The largest absolute Gasteiger partial charge is 0.493 e. The molecule has 1 aliphatic carbocycles. The van der Waals surface area contributed by atoms with Crippen LogP contribution in [0.15, 0.2) is 12.1 Å². The zero-order valence-corrected chi connectivity index (χ0v) is 15.1. The van der Waals surface area contributed by atoms with Crippen LogP contribution in [0.1, 0.15) is 22.7 Å². The van der Waals surface area contributed by atoms with Gasteiger partial charge in [-0.2, -0.15) is 0 Å². The number of methoxy groups -OCH3 is 3. The van der Waals surface area contributed by atoms with Crippen LogP contribution in [0, 0.1) is 0 Å². The van der Waals surface area contributed by atoms with Gasteiger partial charge in [-0.15, -0.1) is 0 Å². The summed E-state index contributed by atoms with van der Waals surface area (Å²) in [5.74, 6) is 3.75.